The smallest absolute Gasteiger partial charge is 0.304 e. The second-order valence-corrected chi connectivity index (χ2v) is 10.1. The van der Waals surface area contributed by atoms with Crippen LogP contribution in [0.4, 0.5) is 0 Å². The number of benzene rings is 2. The number of carbonyl (C=O) groups is 1. The number of aryl methyl sites for hydroxylation is 2. The Labute approximate surface area is 212 Å². The molecule has 0 amide bonds. The molecule has 35 heavy (non-hydrogen) atoms. The Morgan fingerprint density at radius 2 is 2.00 bits per heavy atom. The van der Waals surface area contributed by atoms with Crippen molar-refractivity contribution in [2.45, 2.75) is 38.9 Å². The van der Waals surface area contributed by atoms with Gasteiger partial charge in [0.15, 0.2) is 0 Å². The van der Waals surface area contributed by atoms with Crippen LogP contribution in [-0.2, 0) is 22.7 Å². The maximum Gasteiger partial charge on any atom is 0.304 e. The fourth-order valence-corrected chi connectivity index (χ4v) is 5.39. The van der Waals surface area contributed by atoms with E-state index in [0.29, 0.717) is 13.2 Å². The number of hydrogen-bond donors (Lipinski definition) is 2. The molecule has 2 aliphatic rings. The van der Waals surface area contributed by atoms with Crippen molar-refractivity contribution in [2.75, 3.05) is 39.9 Å². The van der Waals surface area contributed by atoms with Gasteiger partial charge in [-0.25, -0.2) is 0 Å². The second-order valence-electron chi connectivity index (χ2n) is 9.14. The lowest BCUT2D eigenvalue weighted by Gasteiger charge is -2.27. The lowest BCUT2D eigenvalue weighted by atomic mass is 10.0. The summed E-state index contributed by atoms with van der Waals surface area (Å²) in [5.74, 6) is 0.0485. The van der Waals surface area contributed by atoms with Crippen LogP contribution in [0.5, 0.6) is 5.75 Å². The van der Waals surface area contributed by atoms with E-state index in [1.54, 1.807) is 11.8 Å². The van der Waals surface area contributed by atoms with Crippen LogP contribution < -0.4 is 10.1 Å². The maximum atomic E-state index is 10.8. The predicted octanol–water partition coefficient (Wildman–Crippen LogP) is 4.04. The lowest BCUT2D eigenvalue weighted by molar-refractivity contribution is -0.136. The third kappa shape index (κ3) is 6.79. The van der Waals surface area contributed by atoms with Crippen molar-refractivity contribution >= 4 is 23.4 Å². The van der Waals surface area contributed by atoms with Gasteiger partial charge >= 0.3 is 5.97 Å². The largest absolute Gasteiger partial charge is 0.488 e. The zero-order valence-corrected chi connectivity index (χ0v) is 21.6. The molecule has 0 aromatic heterocycles. The van der Waals surface area contributed by atoms with E-state index in [9.17, 15) is 4.79 Å². The summed E-state index contributed by atoms with van der Waals surface area (Å²) in [6, 6.07) is 12.9. The molecular weight excluding hydrogens is 462 g/mol. The van der Waals surface area contributed by atoms with Gasteiger partial charge in [-0.05, 0) is 48.1 Å². The minimum absolute atomic E-state index is 0.000956. The van der Waals surface area contributed by atoms with Crippen LogP contribution in [0.3, 0.4) is 0 Å². The molecule has 1 saturated heterocycles. The molecule has 0 saturated carbocycles. The van der Waals surface area contributed by atoms with Crippen LogP contribution in [0, 0.1) is 13.8 Å². The molecule has 0 radical (unpaired) electrons. The quantitative estimate of drug-likeness (QED) is 0.510. The molecule has 188 valence electrons. The van der Waals surface area contributed by atoms with Gasteiger partial charge < -0.3 is 19.5 Å². The first-order valence-corrected chi connectivity index (χ1v) is 13.0. The zero-order valence-electron chi connectivity index (χ0n) is 20.8. The summed E-state index contributed by atoms with van der Waals surface area (Å²) in [5, 5.41) is 14.3. The van der Waals surface area contributed by atoms with Crippen molar-refractivity contribution in [3.63, 3.8) is 0 Å². The highest BCUT2D eigenvalue weighted by Crippen LogP contribution is 2.38. The molecule has 7 nitrogen and oxygen atoms in total. The third-order valence-electron chi connectivity index (χ3n) is 6.41. The second kappa shape index (κ2) is 11.9. The molecular formula is C27H35N3O4S. The van der Waals surface area contributed by atoms with Gasteiger partial charge in [-0.15, -0.1) is 0 Å². The number of ether oxygens (including phenoxy) is 2. The average Bonchev–Trinajstić information content (AvgIpc) is 3.19. The SMILES string of the molecule is Cc1ccc(OCc2ccc(CN3CCOCC3)cc2C)c(C2=CSC(NCCC(=O)O)N2C)c1. The summed E-state index contributed by atoms with van der Waals surface area (Å²) in [7, 11) is 2.02. The fraction of sp³-hybridized carbons (Fsp3) is 0.444. The Hall–Kier alpha value is -2.52. The van der Waals surface area contributed by atoms with Gasteiger partial charge in [0.05, 0.1) is 25.3 Å². The Balaban J connectivity index is 1.41. The minimum atomic E-state index is -0.796. The summed E-state index contributed by atoms with van der Waals surface area (Å²) >= 11 is 1.64. The normalized spacial score (nSPS) is 18.5. The van der Waals surface area contributed by atoms with Gasteiger partial charge in [-0.1, -0.05) is 41.6 Å². The number of aliphatic carboxylic acids is 1. The van der Waals surface area contributed by atoms with Crippen molar-refractivity contribution in [1.82, 2.24) is 15.1 Å². The highest BCUT2D eigenvalue weighted by Gasteiger charge is 2.26. The summed E-state index contributed by atoms with van der Waals surface area (Å²) in [5.41, 5.74) is 7.01. The van der Waals surface area contributed by atoms with Crippen LogP contribution in [0.15, 0.2) is 41.8 Å². The molecule has 2 aromatic carbocycles. The molecule has 0 spiro atoms. The van der Waals surface area contributed by atoms with Crippen molar-refractivity contribution in [3.8, 4) is 5.75 Å². The molecule has 2 heterocycles. The van der Waals surface area contributed by atoms with Crippen LogP contribution in [0.2, 0.25) is 0 Å². The van der Waals surface area contributed by atoms with E-state index in [-0.39, 0.29) is 11.9 Å². The van der Waals surface area contributed by atoms with Crippen molar-refractivity contribution in [3.05, 3.63) is 69.6 Å². The number of hydrogen-bond acceptors (Lipinski definition) is 7. The summed E-state index contributed by atoms with van der Waals surface area (Å²) in [6.07, 6.45) is 0.101. The highest BCUT2D eigenvalue weighted by atomic mass is 32.2. The number of thioether (sulfide) groups is 1. The van der Waals surface area contributed by atoms with Crippen LogP contribution in [-0.4, -0.2) is 66.3 Å². The van der Waals surface area contributed by atoms with Crippen molar-refractivity contribution in [1.29, 1.82) is 0 Å². The first kappa shape index (κ1) is 25.6. The van der Waals surface area contributed by atoms with E-state index < -0.39 is 5.97 Å². The Bertz CT molecular complexity index is 1070. The molecule has 1 atom stereocenters. The molecule has 2 aliphatic heterocycles. The van der Waals surface area contributed by atoms with Crippen LogP contribution >= 0.6 is 11.8 Å². The first-order valence-electron chi connectivity index (χ1n) is 12.1. The van der Waals surface area contributed by atoms with E-state index in [2.05, 4.69) is 64.7 Å². The summed E-state index contributed by atoms with van der Waals surface area (Å²) in [6.45, 7) is 9.70. The Morgan fingerprint density at radius 1 is 1.20 bits per heavy atom. The number of nitrogens with zero attached hydrogens (tertiary/aromatic N) is 2. The monoisotopic (exact) mass is 497 g/mol. The first-order chi connectivity index (χ1) is 16.9. The number of nitrogens with one attached hydrogen (secondary N) is 1. The van der Waals surface area contributed by atoms with Crippen LogP contribution in [0.1, 0.15) is 34.2 Å². The van der Waals surface area contributed by atoms with Gasteiger partial charge in [0.25, 0.3) is 0 Å². The Morgan fingerprint density at radius 3 is 2.74 bits per heavy atom. The number of rotatable bonds is 10. The van der Waals surface area contributed by atoms with Gasteiger partial charge in [-0.3, -0.25) is 15.0 Å². The number of carboxylic acid groups (broad SMARTS) is 1. The fourth-order valence-electron chi connectivity index (χ4n) is 4.33. The predicted molar refractivity (Wildman–Crippen MR) is 140 cm³/mol. The van der Waals surface area contributed by atoms with Crippen LogP contribution in [0.25, 0.3) is 5.70 Å². The molecule has 1 unspecified atom stereocenters. The molecule has 2 aromatic rings. The summed E-state index contributed by atoms with van der Waals surface area (Å²) < 4.78 is 11.8. The third-order valence-corrected chi connectivity index (χ3v) is 7.51. The summed E-state index contributed by atoms with van der Waals surface area (Å²) in [4.78, 5) is 15.4. The van der Waals surface area contributed by atoms with Gasteiger partial charge in [-0.2, -0.15) is 0 Å². The molecule has 2 N–H and O–H groups in total. The molecule has 0 bridgehead atoms. The molecule has 4 rings (SSSR count). The average molecular weight is 498 g/mol. The highest BCUT2D eigenvalue weighted by molar-refractivity contribution is 8.03. The van der Waals surface area contributed by atoms with E-state index >= 15 is 0 Å². The zero-order chi connectivity index (χ0) is 24.8. The van der Waals surface area contributed by atoms with Gasteiger partial charge in [0, 0.05) is 38.8 Å². The molecule has 0 aliphatic carbocycles. The lowest BCUT2D eigenvalue weighted by Crippen LogP contribution is -2.38. The molecule has 1 fully saturated rings. The standard InChI is InChI=1S/C27H35N3O4S/c1-19-4-7-25(23(14-19)24-18-35-27(29(24)3)28-9-8-26(31)32)34-17-22-6-5-21(15-20(22)2)16-30-10-12-33-13-11-30/h4-7,14-15,18,27-28H,8-13,16-17H2,1-3H3,(H,31,32). The molecule has 8 heteroatoms. The van der Waals surface area contributed by atoms with Crippen molar-refractivity contribution < 1.29 is 19.4 Å². The van der Waals surface area contributed by atoms with E-state index in [4.69, 9.17) is 14.6 Å². The van der Waals surface area contributed by atoms with E-state index in [1.165, 1.54) is 16.7 Å². The number of carboxylic acids is 1. The van der Waals surface area contributed by atoms with E-state index in [1.807, 2.05) is 13.1 Å². The van der Waals surface area contributed by atoms with Gasteiger partial charge in [0.1, 0.15) is 17.9 Å². The minimum Gasteiger partial charge on any atom is -0.488 e. The van der Waals surface area contributed by atoms with E-state index in [0.717, 1.165) is 55.4 Å². The Kier molecular flexibility index (Phi) is 8.73. The van der Waals surface area contributed by atoms with Gasteiger partial charge in [0.2, 0.25) is 0 Å². The maximum absolute atomic E-state index is 10.8. The van der Waals surface area contributed by atoms with Crippen molar-refractivity contribution in [2.24, 2.45) is 0 Å². The number of morpholine rings is 1. The topological polar surface area (TPSA) is 74.3 Å².